The zero-order chi connectivity index (χ0) is 15.7. The van der Waals surface area contributed by atoms with E-state index in [0.29, 0.717) is 12.0 Å². The molecule has 2 heterocycles. The number of amides is 2. The van der Waals surface area contributed by atoms with Gasteiger partial charge in [-0.05, 0) is 18.1 Å². The number of anilines is 1. The molecule has 2 amide bonds. The van der Waals surface area contributed by atoms with Gasteiger partial charge in [-0.25, -0.2) is 9.18 Å². The van der Waals surface area contributed by atoms with Crippen molar-refractivity contribution in [2.45, 2.75) is 18.9 Å². The summed E-state index contributed by atoms with van der Waals surface area (Å²) in [4.78, 5) is 24.9. The summed E-state index contributed by atoms with van der Waals surface area (Å²) in [5, 5.41) is 11.9. The molecule has 22 heavy (non-hydrogen) atoms. The van der Waals surface area contributed by atoms with Crippen molar-refractivity contribution in [3.8, 4) is 0 Å². The normalized spacial score (nSPS) is 23.7. The van der Waals surface area contributed by atoms with Crippen molar-refractivity contribution >= 4 is 17.7 Å². The average Bonchev–Trinajstić information content (AvgIpc) is 2.91. The topological polar surface area (TPSA) is 78.9 Å². The van der Waals surface area contributed by atoms with Gasteiger partial charge in [0, 0.05) is 19.1 Å². The molecule has 0 bridgehead atoms. The summed E-state index contributed by atoms with van der Waals surface area (Å²) in [5.74, 6) is -0.859. The van der Waals surface area contributed by atoms with E-state index < -0.39 is 18.0 Å². The Morgan fingerprint density at radius 2 is 2.32 bits per heavy atom. The minimum Gasteiger partial charge on any atom is -0.447 e. The fourth-order valence-electron chi connectivity index (χ4n) is 2.96. The number of halogens is 1. The van der Waals surface area contributed by atoms with Gasteiger partial charge in [0.1, 0.15) is 12.4 Å². The molecular formula is C15H17FN2O4. The zero-order valence-electron chi connectivity index (χ0n) is 11.9. The Morgan fingerprint density at radius 1 is 1.50 bits per heavy atom. The van der Waals surface area contributed by atoms with E-state index in [9.17, 15) is 19.1 Å². The highest BCUT2D eigenvalue weighted by molar-refractivity contribution is 5.95. The maximum Gasteiger partial charge on any atom is 0.407 e. The van der Waals surface area contributed by atoms with Crippen molar-refractivity contribution in [1.29, 1.82) is 0 Å². The molecule has 0 radical (unpaired) electrons. The number of benzene rings is 1. The second-order valence-corrected chi connectivity index (χ2v) is 5.65. The van der Waals surface area contributed by atoms with Crippen LogP contribution in [0.4, 0.5) is 14.9 Å². The van der Waals surface area contributed by atoms with Crippen molar-refractivity contribution in [3.63, 3.8) is 0 Å². The van der Waals surface area contributed by atoms with Gasteiger partial charge in [-0.3, -0.25) is 4.79 Å². The van der Waals surface area contributed by atoms with Crippen LogP contribution in [0.15, 0.2) is 18.2 Å². The second-order valence-electron chi connectivity index (χ2n) is 5.65. The zero-order valence-corrected chi connectivity index (χ0v) is 11.9. The molecule has 3 rings (SSSR count). The van der Waals surface area contributed by atoms with Crippen molar-refractivity contribution < 1.29 is 23.8 Å². The van der Waals surface area contributed by atoms with E-state index in [1.807, 2.05) is 0 Å². The number of hydrogen-bond donors (Lipinski definition) is 2. The van der Waals surface area contributed by atoms with Gasteiger partial charge >= 0.3 is 6.09 Å². The quantitative estimate of drug-likeness (QED) is 0.866. The van der Waals surface area contributed by atoms with Gasteiger partial charge in [-0.1, -0.05) is 12.1 Å². The molecule has 0 aliphatic carbocycles. The Kier molecular flexibility index (Phi) is 3.98. The van der Waals surface area contributed by atoms with E-state index in [2.05, 4.69) is 5.32 Å². The molecule has 2 aliphatic rings. The van der Waals surface area contributed by atoms with Crippen molar-refractivity contribution in [3.05, 3.63) is 29.6 Å². The first-order valence-corrected chi connectivity index (χ1v) is 7.20. The molecule has 0 spiro atoms. The molecule has 1 unspecified atom stereocenters. The summed E-state index contributed by atoms with van der Waals surface area (Å²) in [6.07, 6.45) is 0.0326. The number of ether oxygens (including phenoxy) is 1. The highest BCUT2D eigenvalue weighted by atomic mass is 19.1. The predicted molar refractivity (Wildman–Crippen MR) is 75.9 cm³/mol. The molecule has 2 N–H and O–H groups in total. The molecule has 0 aromatic heterocycles. The lowest BCUT2D eigenvalue weighted by atomic mass is 9.92. The highest BCUT2D eigenvalue weighted by Crippen LogP contribution is 2.32. The number of aliphatic hydroxyl groups is 1. The highest BCUT2D eigenvalue weighted by Gasteiger charge is 2.33. The molecule has 6 nitrogen and oxygen atoms in total. The largest absolute Gasteiger partial charge is 0.447 e. The van der Waals surface area contributed by atoms with Crippen LogP contribution < -0.4 is 10.2 Å². The third-order valence-corrected chi connectivity index (χ3v) is 4.01. The first kappa shape index (κ1) is 14.8. The number of rotatable bonds is 3. The first-order valence-electron chi connectivity index (χ1n) is 7.20. The second kappa shape index (κ2) is 5.92. The van der Waals surface area contributed by atoms with Crippen LogP contribution in [0.2, 0.25) is 0 Å². The molecule has 2 aliphatic heterocycles. The van der Waals surface area contributed by atoms with Crippen LogP contribution in [0.3, 0.4) is 0 Å². The monoisotopic (exact) mass is 308 g/mol. The number of aliphatic hydroxyl groups excluding tert-OH is 1. The van der Waals surface area contributed by atoms with Crippen LogP contribution in [-0.4, -0.2) is 42.9 Å². The number of nitrogens with zero attached hydrogens (tertiary/aromatic N) is 1. The average molecular weight is 308 g/mol. The van der Waals surface area contributed by atoms with E-state index in [0.717, 1.165) is 0 Å². The van der Waals surface area contributed by atoms with Crippen LogP contribution in [0.1, 0.15) is 12.0 Å². The lowest BCUT2D eigenvalue weighted by Gasteiger charge is -2.34. The lowest BCUT2D eigenvalue weighted by Crippen LogP contribution is -2.44. The first-order chi connectivity index (χ1) is 10.6. The fraction of sp³-hybridized carbons (Fsp3) is 0.467. The summed E-state index contributed by atoms with van der Waals surface area (Å²) in [7, 11) is 0. The molecule has 1 saturated heterocycles. The Labute approximate surface area is 126 Å². The molecule has 0 saturated carbocycles. The Hall–Kier alpha value is -2.15. The molecule has 7 heteroatoms. The third kappa shape index (κ3) is 2.76. The van der Waals surface area contributed by atoms with Crippen LogP contribution in [0.25, 0.3) is 0 Å². The lowest BCUT2D eigenvalue weighted by molar-refractivity contribution is -0.119. The Balaban J connectivity index is 1.83. The smallest absolute Gasteiger partial charge is 0.407 e. The summed E-state index contributed by atoms with van der Waals surface area (Å²) < 4.78 is 18.9. The van der Waals surface area contributed by atoms with Crippen LogP contribution >= 0.6 is 0 Å². The van der Waals surface area contributed by atoms with E-state index in [4.69, 9.17) is 4.74 Å². The van der Waals surface area contributed by atoms with Crippen molar-refractivity contribution in [2.75, 3.05) is 24.7 Å². The number of cyclic esters (lactones) is 1. The number of para-hydroxylation sites is 1. The van der Waals surface area contributed by atoms with Gasteiger partial charge in [-0.2, -0.15) is 0 Å². The summed E-state index contributed by atoms with van der Waals surface area (Å²) >= 11 is 0. The van der Waals surface area contributed by atoms with Gasteiger partial charge in [0.25, 0.3) is 0 Å². The Bertz CT molecular complexity index is 607. The SMILES string of the molecule is O=C1N[C@@H](CC(=O)N2CC(CO)Cc3cccc(F)c32)CO1. The van der Waals surface area contributed by atoms with Gasteiger partial charge in [0.05, 0.1) is 18.2 Å². The third-order valence-electron chi connectivity index (χ3n) is 4.01. The standard InChI is InChI=1S/C15H17FN2O4/c16-12-3-1-2-10-4-9(7-19)6-18(14(10)12)13(20)5-11-8-22-15(21)17-11/h1-3,9,11,19H,4-8H2,(H,17,21)/t9?,11-/m0/s1. The number of carbonyl (C=O) groups excluding carboxylic acids is 2. The summed E-state index contributed by atoms with van der Waals surface area (Å²) in [6, 6.07) is 4.28. The van der Waals surface area contributed by atoms with E-state index in [-0.39, 0.29) is 43.7 Å². The molecular weight excluding hydrogens is 291 g/mol. The molecule has 1 aromatic carbocycles. The predicted octanol–water partition coefficient (Wildman–Crippen LogP) is 0.822. The van der Waals surface area contributed by atoms with Gasteiger partial charge in [0.2, 0.25) is 5.91 Å². The maximum absolute atomic E-state index is 14.1. The van der Waals surface area contributed by atoms with Crippen molar-refractivity contribution in [2.24, 2.45) is 5.92 Å². The number of carbonyl (C=O) groups is 2. The Morgan fingerprint density at radius 3 is 3.00 bits per heavy atom. The molecule has 1 aromatic rings. The van der Waals surface area contributed by atoms with Gasteiger partial charge < -0.3 is 20.1 Å². The van der Waals surface area contributed by atoms with Crippen LogP contribution in [0.5, 0.6) is 0 Å². The number of hydrogen-bond acceptors (Lipinski definition) is 4. The number of fused-ring (bicyclic) bond motifs is 1. The molecule has 2 atom stereocenters. The minimum absolute atomic E-state index is 0.0393. The summed E-state index contributed by atoms with van der Waals surface area (Å²) in [5.41, 5.74) is 0.993. The minimum atomic E-state index is -0.545. The van der Waals surface area contributed by atoms with Gasteiger partial charge in [0.15, 0.2) is 0 Å². The molecule has 118 valence electrons. The maximum atomic E-state index is 14.1. The van der Waals surface area contributed by atoms with E-state index in [1.165, 1.54) is 11.0 Å². The summed E-state index contributed by atoms with van der Waals surface area (Å²) in [6.45, 7) is 0.333. The van der Waals surface area contributed by atoms with Gasteiger partial charge in [-0.15, -0.1) is 0 Å². The van der Waals surface area contributed by atoms with E-state index >= 15 is 0 Å². The van der Waals surface area contributed by atoms with Crippen LogP contribution in [0, 0.1) is 11.7 Å². The van der Waals surface area contributed by atoms with Crippen molar-refractivity contribution in [1.82, 2.24) is 5.32 Å². The molecule has 1 fully saturated rings. The van der Waals surface area contributed by atoms with E-state index in [1.54, 1.807) is 12.1 Å². The van der Waals surface area contributed by atoms with Crippen LogP contribution in [-0.2, 0) is 16.0 Å². The fourth-order valence-corrected chi connectivity index (χ4v) is 2.96. The number of alkyl carbamates (subject to hydrolysis) is 1. The number of nitrogens with one attached hydrogen (secondary N) is 1.